The van der Waals surface area contributed by atoms with Crippen molar-refractivity contribution in [2.45, 2.75) is 0 Å². The zero-order valence-electron chi connectivity index (χ0n) is 28.7. The van der Waals surface area contributed by atoms with Crippen LogP contribution in [0.25, 0.3) is 87.7 Å². The second-order valence-electron chi connectivity index (χ2n) is 13.6. The monoisotopic (exact) mass is 677 g/mol. The number of fused-ring (bicyclic) bond motifs is 10. The van der Waals surface area contributed by atoms with Gasteiger partial charge in [-0.3, -0.25) is 0 Å². The van der Waals surface area contributed by atoms with Crippen molar-refractivity contribution in [1.29, 1.82) is 0 Å². The van der Waals surface area contributed by atoms with Crippen molar-refractivity contribution < 1.29 is 8.83 Å². The number of nitrogens with zero attached hydrogens (tertiary/aromatic N) is 1. The van der Waals surface area contributed by atoms with Crippen molar-refractivity contribution in [3.05, 3.63) is 188 Å². The molecule has 53 heavy (non-hydrogen) atoms. The van der Waals surface area contributed by atoms with E-state index in [0.717, 1.165) is 93.8 Å². The maximum absolute atomic E-state index is 6.73. The molecule has 0 fully saturated rings. The molecule has 0 unspecified atom stereocenters. The fourth-order valence-corrected chi connectivity index (χ4v) is 8.26. The second-order valence-corrected chi connectivity index (χ2v) is 13.6. The van der Waals surface area contributed by atoms with Crippen LogP contribution in [0, 0.1) is 0 Å². The van der Waals surface area contributed by atoms with Crippen LogP contribution in [0.3, 0.4) is 0 Å². The van der Waals surface area contributed by atoms with Crippen LogP contribution in [-0.4, -0.2) is 0 Å². The van der Waals surface area contributed by atoms with E-state index in [1.165, 1.54) is 10.9 Å². The molecule has 3 nitrogen and oxygen atoms in total. The Labute approximate surface area is 305 Å². The Hall–Kier alpha value is -7.10. The maximum atomic E-state index is 6.73. The topological polar surface area (TPSA) is 29.5 Å². The van der Waals surface area contributed by atoms with E-state index in [-0.39, 0.29) is 0 Å². The van der Waals surface area contributed by atoms with E-state index in [0.29, 0.717) is 0 Å². The Kier molecular flexibility index (Phi) is 6.55. The molecular formula is C50H31NO2. The molecule has 11 aromatic rings. The number of benzene rings is 9. The molecule has 2 heterocycles. The van der Waals surface area contributed by atoms with Gasteiger partial charge in [0.2, 0.25) is 0 Å². The summed E-state index contributed by atoms with van der Waals surface area (Å²) in [5.74, 6) is 0. The number of anilines is 3. The predicted octanol–water partition coefficient (Wildman–Crippen LogP) is 14.6. The fraction of sp³-hybridized carbons (Fsp3) is 0. The van der Waals surface area contributed by atoms with Gasteiger partial charge in [-0.2, -0.15) is 0 Å². The van der Waals surface area contributed by atoms with Gasteiger partial charge in [0, 0.05) is 38.2 Å². The van der Waals surface area contributed by atoms with Gasteiger partial charge in [0.05, 0.1) is 16.8 Å². The lowest BCUT2D eigenvalue weighted by molar-refractivity contribution is 0.672. The summed E-state index contributed by atoms with van der Waals surface area (Å²) < 4.78 is 13.4. The van der Waals surface area contributed by atoms with Crippen LogP contribution in [-0.2, 0) is 0 Å². The molecule has 0 saturated carbocycles. The van der Waals surface area contributed by atoms with Crippen molar-refractivity contribution in [2.75, 3.05) is 4.90 Å². The molecule has 0 atom stereocenters. The Morgan fingerprint density at radius 2 is 0.887 bits per heavy atom. The predicted molar refractivity (Wildman–Crippen MR) is 222 cm³/mol. The quantitative estimate of drug-likeness (QED) is 0.182. The summed E-state index contributed by atoms with van der Waals surface area (Å²) in [5, 5.41) is 8.93. The van der Waals surface area contributed by atoms with Crippen molar-refractivity contribution in [3.63, 3.8) is 0 Å². The average molecular weight is 678 g/mol. The van der Waals surface area contributed by atoms with E-state index in [4.69, 9.17) is 8.83 Å². The van der Waals surface area contributed by atoms with Gasteiger partial charge in [-0.05, 0) is 76.0 Å². The molecule has 0 aliphatic heterocycles. The van der Waals surface area contributed by atoms with Crippen molar-refractivity contribution in [3.8, 4) is 22.3 Å². The maximum Gasteiger partial charge on any atom is 0.143 e. The molecule has 0 aliphatic carbocycles. The molecule has 0 spiro atoms. The summed E-state index contributed by atoms with van der Waals surface area (Å²) in [6.07, 6.45) is 0. The highest BCUT2D eigenvalue weighted by atomic mass is 16.3. The van der Waals surface area contributed by atoms with Crippen LogP contribution in [0.2, 0.25) is 0 Å². The number of hydrogen-bond acceptors (Lipinski definition) is 3. The van der Waals surface area contributed by atoms with Gasteiger partial charge < -0.3 is 13.7 Å². The molecule has 0 saturated heterocycles. The van der Waals surface area contributed by atoms with Gasteiger partial charge in [0.1, 0.15) is 22.3 Å². The molecule has 0 amide bonds. The van der Waals surface area contributed by atoms with Crippen LogP contribution < -0.4 is 4.90 Å². The van der Waals surface area contributed by atoms with Crippen LogP contribution >= 0.6 is 0 Å². The summed E-state index contributed by atoms with van der Waals surface area (Å²) in [7, 11) is 0. The zero-order chi connectivity index (χ0) is 34.9. The lowest BCUT2D eigenvalue weighted by Gasteiger charge is -2.29. The first kappa shape index (κ1) is 29.6. The van der Waals surface area contributed by atoms with Crippen molar-refractivity contribution >= 4 is 82.5 Å². The molecule has 2 aromatic heterocycles. The summed E-state index contributed by atoms with van der Waals surface area (Å²) in [5.41, 5.74) is 11.2. The van der Waals surface area contributed by atoms with Gasteiger partial charge in [-0.15, -0.1) is 0 Å². The lowest BCUT2D eigenvalue weighted by Crippen LogP contribution is -2.11. The zero-order valence-corrected chi connectivity index (χ0v) is 28.7. The standard InChI is InChI=1S/C50H31NO2/c1-2-13-32(14-3-1)35-17-10-18-36(31-35)51(44-24-12-26-46-48(44)42-30-28-34-16-5-7-20-38(34)50(42)53-46)43-23-9-8-21-39(43)40-22-11-25-45-47(40)41-29-27-33-15-4-6-19-37(33)49(41)52-45/h1-31H. The third kappa shape index (κ3) is 4.61. The van der Waals surface area contributed by atoms with Crippen LogP contribution in [0.15, 0.2) is 197 Å². The molecule has 0 bridgehead atoms. The summed E-state index contributed by atoms with van der Waals surface area (Å²) in [6, 6.07) is 66.7. The highest BCUT2D eigenvalue weighted by molar-refractivity contribution is 6.22. The molecular weight excluding hydrogens is 647 g/mol. The molecule has 0 N–H and O–H groups in total. The number of furan rings is 2. The highest BCUT2D eigenvalue weighted by Gasteiger charge is 2.24. The number of para-hydroxylation sites is 1. The minimum absolute atomic E-state index is 0.852. The Morgan fingerprint density at radius 3 is 1.64 bits per heavy atom. The van der Waals surface area contributed by atoms with Crippen molar-refractivity contribution in [1.82, 2.24) is 0 Å². The summed E-state index contributed by atoms with van der Waals surface area (Å²) in [6.45, 7) is 0. The van der Waals surface area contributed by atoms with Gasteiger partial charge >= 0.3 is 0 Å². The van der Waals surface area contributed by atoms with E-state index in [1.807, 2.05) is 0 Å². The van der Waals surface area contributed by atoms with E-state index < -0.39 is 0 Å². The minimum atomic E-state index is 0.852. The van der Waals surface area contributed by atoms with Gasteiger partial charge in [-0.1, -0.05) is 140 Å². The Morgan fingerprint density at radius 1 is 0.340 bits per heavy atom. The third-order valence-electron chi connectivity index (χ3n) is 10.6. The molecule has 9 aromatic carbocycles. The van der Waals surface area contributed by atoms with E-state index in [9.17, 15) is 0 Å². The molecule has 0 aliphatic rings. The first-order valence-corrected chi connectivity index (χ1v) is 18.0. The first-order chi connectivity index (χ1) is 26.3. The van der Waals surface area contributed by atoms with Gasteiger partial charge in [0.15, 0.2) is 0 Å². The summed E-state index contributed by atoms with van der Waals surface area (Å²) >= 11 is 0. The SMILES string of the molecule is c1ccc(-c2cccc(N(c3ccccc3-c3cccc4oc5c6ccccc6ccc5c34)c3cccc4oc5c6ccccc6ccc5c34)c2)cc1. The molecule has 248 valence electrons. The van der Waals surface area contributed by atoms with Crippen LogP contribution in [0.1, 0.15) is 0 Å². The fourth-order valence-electron chi connectivity index (χ4n) is 8.26. The second kappa shape index (κ2) is 11.7. The van der Waals surface area contributed by atoms with Gasteiger partial charge in [0.25, 0.3) is 0 Å². The van der Waals surface area contributed by atoms with Crippen LogP contribution in [0.5, 0.6) is 0 Å². The highest BCUT2D eigenvalue weighted by Crippen LogP contribution is 2.49. The molecule has 0 radical (unpaired) electrons. The molecule has 3 heteroatoms. The number of rotatable bonds is 5. The van der Waals surface area contributed by atoms with Crippen molar-refractivity contribution in [2.24, 2.45) is 0 Å². The average Bonchev–Trinajstić information content (AvgIpc) is 3.82. The largest absolute Gasteiger partial charge is 0.455 e. The van der Waals surface area contributed by atoms with Crippen LogP contribution in [0.4, 0.5) is 17.1 Å². The lowest BCUT2D eigenvalue weighted by atomic mass is 9.95. The van der Waals surface area contributed by atoms with Gasteiger partial charge in [-0.25, -0.2) is 0 Å². The normalized spacial score (nSPS) is 11.8. The number of hydrogen-bond donors (Lipinski definition) is 0. The minimum Gasteiger partial charge on any atom is -0.455 e. The smallest absolute Gasteiger partial charge is 0.143 e. The first-order valence-electron chi connectivity index (χ1n) is 18.0. The van der Waals surface area contributed by atoms with E-state index >= 15 is 0 Å². The van der Waals surface area contributed by atoms with E-state index in [1.54, 1.807) is 0 Å². The summed E-state index contributed by atoms with van der Waals surface area (Å²) in [4.78, 5) is 2.41. The van der Waals surface area contributed by atoms with E-state index in [2.05, 4.69) is 193 Å². The Balaban J connectivity index is 1.21. The molecule has 11 rings (SSSR count). The third-order valence-corrected chi connectivity index (χ3v) is 10.6. The Bertz CT molecular complexity index is 3190.